The standard InChI is InChI=1S/C35H35N3O5S/c1-23-13-18-32(30(20-23)33(39)26-9-5-4-6-10-26)37-35(41)29-11-7-8-12-31(29)36-34(40)27-14-16-28(17-15-27)44(42,43)38-21-24(2)19-25(3)22-38/h4-18,20,24-25H,19,21-22H2,1-3H3,(H,36,40)(H,37,41)/t24-,25-/m0/s1. The van der Waals surface area contributed by atoms with Crippen LogP contribution >= 0.6 is 0 Å². The van der Waals surface area contributed by atoms with Gasteiger partial charge < -0.3 is 10.6 Å². The Hall–Kier alpha value is -4.60. The molecule has 2 amide bonds. The number of rotatable bonds is 8. The van der Waals surface area contributed by atoms with Gasteiger partial charge in [-0.25, -0.2) is 8.42 Å². The Morgan fingerprint density at radius 1 is 0.682 bits per heavy atom. The number of ketones is 1. The predicted molar refractivity (Wildman–Crippen MR) is 172 cm³/mol. The molecular formula is C35H35N3O5S. The molecule has 9 heteroatoms. The number of anilines is 2. The molecule has 0 unspecified atom stereocenters. The van der Waals surface area contributed by atoms with E-state index in [0.29, 0.717) is 29.9 Å². The molecule has 2 atom stereocenters. The number of carbonyl (C=O) groups is 3. The van der Waals surface area contributed by atoms with Gasteiger partial charge in [-0.2, -0.15) is 4.31 Å². The number of amides is 2. The average molecular weight is 610 g/mol. The number of nitrogens with one attached hydrogen (secondary N) is 2. The molecule has 1 fully saturated rings. The minimum atomic E-state index is -3.68. The number of para-hydroxylation sites is 1. The molecule has 226 valence electrons. The monoisotopic (exact) mass is 609 g/mol. The molecule has 0 aliphatic carbocycles. The van der Waals surface area contributed by atoms with Gasteiger partial charge in [-0.05, 0) is 73.7 Å². The summed E-state index contributed by atoms with van der Waals surface area (Å²) in [4.78, 5) is 40.0. The summed E-state index contributed by atoms with van der Waals surface area (Å²) in [5.74, 6) is -0.667. The maximum Gasteiger partial charge on any atom is 0.257 e. The number of sulfonamides is 1. The summed E-state index contributed by atoms with van der Waals surface area (Å²) >= 11 is 0. The lowest BCUT2D eigenvalue weighted by Gasteiger charge is -2.34. The Kier molecular flexibility index (Phi) is 9.08. The second-order valence-corrected chi connectivity index (χ2v) is 13.4. The molecule has 0 saturated carbocycles. The van der Waals surface area contributed by atoms with Crippen LogP contribution in [0, 0.1) is 18.8 Å². The summed E-state index contributed by atoms with van der Waals surface area (Å²) in [6.07, 6.45) is 0.989. The van der Waals surface area contributed by atoms with Gasteiger partial charge in [0.2, 0.25) is 10.0 Å². The highest BCUT2D eigenvalue weighted by Gasteiger charge is 2.31. The highest BCUT2D eigenvalue weighted by atomic mass is 32.2. The van der Waals surface area contributed by atoms with Gasteiger partial charge in [0.1, 0.15) is 0 Å². The van der Waals surface area contributed by atoms with Crippen LogP contribution in [0.3, 0.4) is 0 Å². The molecule has 0 aromatic heterocycles. The van der Waals surface area contributed by atoms with E-state index in [9.17, 15) is 22.8 Å². The topological polar surface area (TPSA) is 113 Å². The van der Waals surface area contributed by atoms with E-state index >= 15 is 0 Å². The molecular weight excluding hydrogens is 574 g/mol. The predicted octanol–water partition coefficient (Wildman–Crippen LogP) is 6.40. The van der Waals surface area contributed by atoms with Gasteiger partial charge in [0, 0.05) is 29.8 Å². The summed E-state index contributed by atoms with van der Waals surface area (Å²) in [5, 5.41) is 5.61. The highest BCUT2D eigenvalue weighted by Crippen LogP contribution is 2.28. The van der Waals surface area contributed by atoms with E-state index in [-0.39, 0.29) is 39.3 Å². The van der Waals surface area contributed by atoms with E-state index in [4.69, 9.17) is 0 Å². The van der Waals surface area contributed by atoms with Crippen LogP contribution < -0.4 is 10.6 Å². The molecule has 1 aliphatic heterocycles. The zero-order valence-electron chi connectivity index (χ0n) is 24.9. The Morgan fingerprint density at radius 3 is 1.95 bits per heavy atom. The fourth-order valence-electron chi connectivity index (χ4n) is 5.60. The highest BCUT2D eigenvalue weighted by molar-refractivity contribution is 7.89. The molecule has 0 spiro atoms. The maximum atomic E-state index is 13.5. The van der Waals surface area contributed by atoms with Crippen molar-refractivity contribution < 1.29 is 22.8 Å². The molecule has 5 rings (SSSR count). The molecule has 1 aliphatic rings. The first kappa shape index (κ1) is 30.8. The zero-order chi connectivity index (χ0) is 31.4. The number of benzene rings is 4. The minimum absolute atomic E-state index is 0.133. The van der Waals surface area contributed by atoms with Crippen LogP contribution in [0.1, 0.15) is 62.5 Å². The van der Waals surface area contributed by atoms with Crippen LogP contribution in [0.2, 0.25) is 0 Å². The van der Waals surface area contributed by atoms with E-state index < -0.39 is 21.8 Å². The first-order valence-corrected chi connectivity index (χ1v) is 16.0. The number of carbonyl (C=O) groups excluding carboxylic acids is 3. The van der Waals surface area contributed by atoms with Crippen LogP contribution in [0.4, 0.5) is 11.4 Å². The molecule has 2 N–H and O–H groups in total. The lowest BCUT2D eigenvalue weighted by molar-refractivity contribution is 0.102. The van der Waals surface area contributed by atoms with Crippen LogP contribution in [0.15, 0.2) is 102 Å². The molecule has 0 radical (unpaired) electrons. The van der Waals surface area contributed by atoms with Crippen molar-refractivity contribution in [2.24, 2.45) is 11.8 Å². The van der Waals surface area contributed by atoms with E-state index in [1.807, 2.05) is 26.8 Å². The second-order valence-electron chi connectivity index (χ2n) is 11.5. The van der Waals surface area contributed by atoms with Crippen molar-refractivity contribution in [3.8, 4) is 0 Å². The smallest absolute Gasteiger partial charge is 0.257 e. The van der Waals surface area contributed by atoms with Crippen LogP contribution in [-0.2, 0) is 10.0 Å². The molecule has 44 heavy (non-hydrogen) atoms. The number of hydrogen-bond acceptors (Lipinski definition) is 5. The lowest BCUT2D eigenvalue weighted by atomic mass is 9.94. The van der Waals surface area contributed by atoms with Crippen molar-refractivity contribution in [3.05, 3.63) is 125 Å². The summed E-state index contributed by atoms with van der Waals surface area (Å²) in [6.45, 7) is 6.91. The van der Waals surface area contributed by atoms with Gasteiger partial charge >= 0.3 is 0 Å². The van der Waals surface area contributed by atoms with E-state index in [2.05, 4.69) is 10.6 Å². The van der Waals surface area contributed by atoms with E-state index in [0.717, 1.165) is 12.0 Å². The molecule has 1 heterocycles. The number of aryl methyl sites for hydroxylation is 1. The third-order valence-electron chi connectivity index (χ3n) is 7.71. The largest absolute Gasteiger partial charge is 0.321 e. The SMILES string of the molecule is Cc1ccc(NC(=O)c2ccccc2NC(=O)c2ccc(S(=O)(=O)N3C[C@@H](C)C[C@H](C)C3)cc2)c(C(=O)c2ccccc2)c1. The third-order valence-corrected chi connectivity index (χ3v) is 9.56. The van der Waals surface area contributed by atoms with Crippen molar-refractivity contribution in [3.63, 3.8) is 0 Å². The Bertz CT molecular complexity index is 1790. The van der Waals surface area contributed by atoms with Crippen LogP contribution in [0.25, 0.3) is 0 Å². The molecule has 1 saturated heterocycles. The van der Waals surface area contributed by atoms with Crippen molar-refractivity contribution in [1.29, 1.82) is 0 Å². The first-order chi connectivity index (χ1) is 21.0. The summed E-state index contributed by atoms with van der Waals surface area (Å²) < 4.78 is 28.0. The molecule has 4 aromatic carbocycles. The van der Waals surface area contributed by atoms with Crippen molar-refractivity contribution in [2.75, 3.05) is 23.7 Å². The van der Waals surface area contributed by atoms with Gasteiger partial charge in [-0.3, -0.25) is 14.4 Å². The third kappa shape index (κ3) is 6.79. The summed E-state index contributed by atoms with van der Waals surface area (Å²) in [5.41, 5.74) is 2.79. The summed E-state index contributed by atoms with van der Waals surface area (Å²) in [7, 11) is -3.68. The van der Waals surface area contributed by atoms with Crippen molar-refractivity contribution >= 4 is 39.0 Å². The number of nitrogens with zero attached hydrogens (tertiary/aromatic N) is 1. The minimum Gasteiger partial charge on any atom is -0.321 e. The molecule has 8 nitrogen and oxygen atoms in total. The van der Waals surface area contributed by atoms with E-state index in [1.54, 1.807) is 66.7 Å². The van der Waals surface area contributed by atoms with Gasteiger partial charge in [0.15, 0.2) is 5.78 Å². The molecule has 0 bridgehead atoms. The fourth-order valence-corrected chi connectivity index (χ4v) is 7.28. The second kappa shape index (κ2) is 13.0. The van der Waals surface area contributed by atoms with Crippen LogP contribution in [-0.4, -0.2) is 43.4 Å². The van der Waals surface area contributed by atoms with Crippen molar-refractivity contribution in [2.45, 2.75) is 32.1 Å². The van der Waals surface area contributed by atoms with E-state index in [1.165, 1.54) is 28.6 Å². The Labute approximate surface area is 258 Å². The normalized spacial score (nSPS) is 17.1. The fraction of sp³-hybridized carbons (Fsp3) is 0.229. The van der Waals surface area contributed by atoms with Gasteiger partial charge in [0.25, 0.3) is 11.8 Å². The summed E-state index contributed by atoms with van der Waals surface area (Å²) in [6, 6.07) is 26.4. The zero-order valence-corrected chi connectivity index (χ0v) is 25.7. The van der Waals surface area contributed by atoms with Gasteiger partial charge in [-0.15, -0.1) is 0 Å². The first-order valence-electron chi connectivity index (χ1n) is 14.5. The number of hydrogen-bond donors (Lipinski definition) is 2. The average Bonchev–Trinajstić information content (AvgIpc) is 3.01. The number of piperidine rings is 1. The Balaban J connectivity index is 1.33. The van der Waals surface area contributed by atoms with Crippen molar-refractivity contribution in [1.82, 2.24) is 4.31 Å². The lowest BCUT2D eigenvalue weighted by Crippen LogP contribution is -2.42. The van der Waals surface area contributed by atoms with Crippen LogP contribution in [0.5, 0.6) is 0 Å². The molecule has 4 aromatic rings. The Morgan fingerprint density at radius 2 is 1.27 bits per heavy atom. The quantitative estimate of drug-likeness (QED) is 0.225. The van der Waals surface area contributed by atoms with Gasteiger partial charge in [-0.1, -0.05) is 67.9 Å². The maximum absolute atomic E-state index is 13.5. The van der Waals surface area contributed by atoms with Gasteiger partial charge in [0.05, 0.1) is 21.8 Å².